The minimum absolute atomic E-state index is 0.0623. The Morgan fingerprint density at radius 1 is 0.885 bits per heavy atom. The van der Waals surface area contributed by atoms with Crippen LogP contribution in [0.25, 0.3) is 11.1 Å². The Morgan fingerprint density at radius 2 is 1.54 bits per heavy atom. The minimum atomic E-state index is -0.408. The van der Waals surface area contributed by atoms with Gasteiger partial charge in [-0.05, 0) is 71.2 Å². The average Bonchev–Trinajstić information content (AvgIpc) is 2.64. The largest absolute Gasteiger partial charge is 0.490 e. The molecule has 0 atom stereocenters. The van der Waals surface area contributed by atoms with Crippen LogP contribution in [0.4, 0.5) is 0 Å². The molecule has 4 heteroatoms. The molecule has 0 amide bonds. The first-order valence-electron chi connectivity index (χ1n) is 8.37. The molecule has 0 heterocycles. The van der Waals surface area contributed by atoms with E-state index in [1.165, 1.54) is 0 Å². The van der Waals surface area contributed by atoms with E-state index in [1.807, 2.05) is 56.3 Å². The van der Waals surface area contributed by atoms with Gasteiger partial charge < -0.3 is 9.47 Å². The topological polar surface area (TPSA) is 35.5 Å². The fourth-order valence-corrected chi connectivity index (χ4v) is 2.96. The second-order valence-corrected chi connectivity index (χ2v) is 6.95. The molecular weight excluding hydrogens is 392 g/mol. The van der Waals surface area contributed by atoms with Crippen LogP contribution in [0.15, 0.2) is 77.3 Å². The number of carbonyl (C=O) groups excluding carboxylic acids is 1. The molecule has 0 aliphatic carbocycles. The standard InChI is InChI=1S/C22H19BrO3/c1-15(2)25-21-13-10-18(14-20(21)23)22(24)26-19-11-8-17(9-12-19)16-6-4-3-5-7-16/h3-15H,1-2H3. The van der Waals surface area contributed by atoms with Crippen molar-refractivity contribution in [2.45, 2.75) is 20.0 Å². The average molecular weight is 411 g/mol. The second-order valence-electron chi connectivity index (χ2n) is 6.09. The van der Waals surface area contributed by atoms with Crippen molar-refractivity contribution < 1.29 is 14.3 Å². The lowest BCUT2D eigenvalue weighted by Crippen LogP contribution is -2.10. The van der Waals surface area contributed by atoms with E-state index in [9.17, 15) is 4.79 Å². The van der Waals surface area contributed by atoms with Crippen molar-refractivity contribution in [2.24, 2.45) is 0 Å². The molecule has 0 bridgehead atoms. The van der Waals surface area contributed by atoms with Crippen molar-refractivity contribution in [3.63, 3.8) is 0 Å². The molecule has 3 nitrogen and oxygen atoms in total. The van der Waals surface area contributed by atoms with Gasteiger partial charge in [-0.3, -0.25) is 0 Å². The number of hydrogen-bond acceptors (Lipinski definition) is 3. The number of rotatable bonds is 5. The molecule has 0 unspecified atom stereocenters. The summed E-state index contributed by atoms with van der Waals surface area (Å²) in [5.41, 5.74) is 2.65. The minimum Gasteiger partial charge on any atom is -0.490 e. The molecule has 26 heavy (non-hydrogen) atoms. The van der Waals surface area contributed by atoms with E-state index in [0.717, 1.165) is 15.6 Å². The lowest BCUT2D eigenvalue weighted by Gasteiger charge is -2.12. The van der Waals surface area contributed by atoms with Gasteiger partial charge in [0.15, 0.2) is 0 Å². The Bertz CT molecular complexity index is 887. The highest BCUT2D eigenvalue weighted by Crippen LogP contribution is 2.28. The third kappa shape index (κ3) is 4.52. The molecule has 0 aliphatic heterocycles. The number of halogens is 1. The molecule has 0 saturated carbocycles. The Labute approximate surface area is 161 Å². The summed E-state index contributed by atoms with van der Waals surface area (Å²) in [7, 11) is 0. The molecule has 0 N–H and O–H groups in total. The molecule has 0 fully saturated rings. The Balaban J connectivity index is 1.71. The van der Waals surface area contributed by atoms with Crippen molar-refractivity contribution in [2.75, 3.05) is 0 Å². The van der Waals surface area contributed by atoms with E-state index >= 15 is 0 Å². The molecule has 3 rings (SSSR count). The monoisotopic (exact) mass is 410 g/mol. The number of benzene rings is 3. The smallest absolute Gasteiger partial charge is 0.343 e. The summed E-state index contributed by atoms with van der Waals surface area (Å²) in [4.78, 5) is 12.4. The van der Waals surface area contributed by atoms with Crippen molar-refractivity contribution in [3.8, 4) is 22.6 Å². The number of esters is 1. The summed E-state index contributed by atoms with van der Waals surface area (Å²) in [6, 6.07) is 22.7. The van der Waals surface area contributed by atoms with Crippen molar-refractivity contribution >= 4 is 21.9 Å². The van der Waals surface area contributed by atoms with Crippen molar-refractivity contribution in [1.29, 1.82) is 0 Å². The summed E-state index contributed by atoms with van der Waals surface area (Å²) in [5, 5.41) is 0. The van der Waals surface area contributed by atoms with Crippen LogP contribution in [-0.4, -0.2) is 12.1 Å². The van der Waals surface area contributed by atoms with E-state index in [0.29, 0.717) is 17.1 Å². The van der Waals surface area contributed by atoms with E-state index in [-0.39, 0.29) is 6.10 Å². The summed E-state index contributed by atoms with van der Waals surface area (Å²) >= 11 is 3.43. The van der Waals surface area contributed by atoms with Crippen LogP contribution in [0, 0.1) is 0 Å². The SMILES string of the molecule is CC(C)Oc1ccc(C(=O)Oc2ccc(-c3ccccc3)cc2)cc1Br. The maximum Gasteiger partial charge on any atom is 0.343 e. The van der Waals surface area contributed by atoms with Gasteiger partial charge in [0.05, 0.1) is 16.1 Å². The fraction of sp³-hybridized carbons (Fsp3) is 0.136. The van der Waals surface area contributed by atoms with Gasteiger partial charge in [0.2, 0.25) is 0 Å². The number of hydrogen-bond donors (Lipinski definition) is 0. The van der Waals surface area contributed by atoms with Crippen molar-refractivity contribution in [1.82, 2.24) is 0 Å². The van der Waals surface area contributed by atoms with E-state index < -0.39 is 5.97 Å². The highest BCUT2D eigenvalue weighted by atomic mass is 79.9. The molecule has 0 radical (unpaired) electrons. The zero-order valence-corrected chi connectivity index (χ0v) is 16.2. The van der Waals surface area contributed by atoms with E-state index in [1.54, 1.807) is 30.3 Å². The van der Waals surface area contributed by atoms with Gasteiger partial charge in [0.25, 0.3) is 0 Å². The third-order valence-corrected chi connectivity index (χ3v) is 4.32. The van der Waals surface area contributed by atoms with Gasteiger partial charge in [-0.15, -0.1) is 0 Å². The first-order chi connectivity index (χ1) is 12.5. The Morgan fingerprint density at radius 3 is 2.15 bits per heavy atom. The van der Waals surface area contributed by atoms with Gasteiger partial charge in [0, 0.05) is 0 Å². The van der Waals surface area contributed by atoms with Gasteiger partial charge >= 0.3 is 5.97 Å². The second kappa shape index (κ2) is 8.19. The van der Waals surface area contributed by atoms with Crippen LogP contribution in [0.3, 0.4) is 0 Å². The van der Waals surface area contributed by atoms with Crippen LogP contribution in [0.2, 0.25) is 0 Å². The molecule has 3 aromatic carbocycles. The first kappa shape index (κ1) is 18.2. The zero-order chi connectivity index (χ0) is 18.5. The normalized spacial score (nSPS) is 10.6. The third-order valence-electron chi connectivity index (χ3n) is 3.70. The van der Waals surface area contributed by atoms with Gasteiger partial charge in [-0.2, -0.15) is 0 Å². The number of carbonyl (C=O) groups is 1. The quantitative estimate of drug-likeness (QED) is 0.375. The molecule has 0 aromatic heterocycles. The van der Waals surface area contributed by atoms with Crippen LogP contribution < -0.4 is 9.47 Å². The Hall–Kier alpha value is -2.59. The molecule has 0 aliphatic rings. The van der Waals surface area contributed by atoms with Crippen LogP contribution in [0.5, 0.6) is 11.5 Å². The lowest BCUT2D eigenvalue weighted by atomic mass is 10.1. The maximum absolute atomic E-state index is 12.4. The van der Waals surface area contributed by atoms with Gasteiger partial charge in [0.1, 0.15) is 11.5 Å². The Kier molecular flexibility index (Phi) is 5.74. The lowest BCUT2D eigenvalue weighted by molar-refractivity contribution is 0.0734. The predicted octanol–water partition coefficient (Wildman–Crippen LogP) is 6.12. The zero-order valence-electron chi connectivity index (χ0n) is 14.6. The van der Waals surface area contributed by atoms with Crippen LogP contribution in [0.1, 0.15) is 24.2 Å². The first-order valence-corrected chi connectivity index (χ1v) is 9.16. The molecule has 132 valence electrons. The van der Waals surface area contributed by atoms with Crippen LogP contribution in [-0.2, 0) is 0 Å². The van der Waals surface area contributed by atoms with Crippen LogP contribution >= 0.6 is 15.9 Å². The summed E-state index contributed by atoms with van der Waals surface area (Å²) in [6.07, 6.45) is 0.0623. The van der Waals surface area contributed by atoms with E-state index in [4.69, 9.17) is 9.47 Å². The summed E-state index contributed by atoms with van der Waals surface area (Å²) in [6.45, 7) is 3.90. The van der Waals surface area contributed by atoms with Crippen molar-refractivity contribution in [3.05, 3.63) is 82.8 Å². The maximum atomic E-state index is 12.4. The predicted molar refractivity (Wildman–Crippen MR) is 107 cm³/mol. The number of ether oxygens (including phenoxy) is 2. The van der Waals surface area contributed by atoms with E-state index in [2.05, 4.69) is 15.9 Å². The highest BCUT2D eigenvalue weighted by molar-refractivity contribution is 9.10. The van der Waals surface area contributed by atoms with Gasteiger partial charge in [-0.25, -0.2) is 4.79 Å². The molecule has 0 spiro atoms. The molecular formula is C22H19BrO3. The summed E-state index contributed by atoms with van der Waals surface area (Å²) in [5.74, 6) is 0.798. The molecule has 0 saturated heterocycles. The highest BCUT2D eigenvalue weighted by Gasteiger charge is 2.12. The van der Waals surface area contributed by atoms with Gasteiger partial charge in [-0.1, -0.05) is 42.5 Å². The molecule has 3 aromatic rings. The fourth-order valence-electron chi connectivity index (χ4n) is 2.49. The summed E-state index contributed by atoms with van der Waals surface area (Å²) < 4.78 is 11.8.